The Balaban J connectivity index is 1.06. The van der Waals surface area contributed by atoms with Crippen molar-refractivity contribution < 1.29 is 9.53 Å². The first-order valence-electron chi connectivity index (χ1n) is 18.4. The minimum atomic E-state index is -0.108. The van der Waals surface area contributed by atoms with Gasteiger partial charge in [0.2, 0.25) is 0 Å². The van der Waals surface area contributed by atoms with E-state index in [-0.39, 0.29) is 10.8 Å². The van der Waals surface area contributed by atoms with Gasteiger partial charge in [0.05, 0.1) is 6.26 Å². The zero-order valence-electron chi connectivity index (χ0n) is 30.6. The summed E-state index contributed by atoms with van der Waals surface area (Å²) in [5.74, 6) is 0. The van der Waals surface area contributed by atoms with Crippen LogP contribution >= 0.6 is 0 Å². The van der Waals surface area contributed by atoms with Crippen LogP contribution in [0.25, 0.3) is 39.1 Å². The predicted octanol–water partition coefficient (Wildman–Crippen LogP) is 12.9. The van der Waals surface area contributed by atoms with Gasteiger partial charge >= 0.3 is 0 Å². The van der Waals surface area contributed by atoms with Gasteiger partial charge in [-0.3, -0.25) is 4.79 Å². The van der Waals surface area contributed by atoms with Gasteiger partial charge in [-0.1, -0.05) is 125 Å². The van der Waals surface area contributed by atoms with Crippen LogP contribution in [0.15, 0.2) is 152 Å². The molecule has 7 aromatic carbocycles. The van der Waals surface area contributed by atoms with Crippen molar-refractivity contribution in [2.45, 2.75) is 45.1 Å². The quantitative estimate of drug-likeness (QED) is 0.118. The van der Waals surface area contributed by atoms with Crippen molar-refractivity contribution in [2.75, 3.05) is 4.90 Å². The summed E-state index contributed by atoms with van der Waals surface area (Å²) < 4.78 is 5.96. The zero-order chi connectivity index (χ0) is 36.3. The van der Waals surface area contributed by atoms with Gasteiger partial charge in [-0.25, -0.2) is 0 Å². The van der Waals surface area contributed by atoms with Crippen LogP contribution in [0.3, 0.4) is 0 Å². The number of rotatable bonds is 8. The van der Waals surface area contributed by atoms with Crippen molar-refractivity contribution in [2.24, 2.45) is 0 Å². The van der Waals surface area contributed by atoms with Crippen LogP contribution < -0.4 is 4.90 Å². The third-order valence-electron chi connectivity index (χ3n) is 11.5. The highest BCUT2D eigenvalue weighted by Crippen LogP contribution is 2.53. The van der Waals surface area contributed by atoms with Gasteiger partial charge in [0.1, 0.15) is 12.9 Å². The van der Waals surface area contributed by atoms with E-state index in [2.05, 4.69) is 148 Å². The summed E-state index contributed by atoms with van der Waals surface area (Å²) in [6.45, 7) is 9.67. The van der Waals surface area contributed by atoms with E-state index in [1.165, 1.54) is 44.5 Å². The van der Waals surface area contributed by atoms with Crippen molar-refractivity contribution in [3.05, 3.63) is 191 Å². The molecule has 258 valence electrons. The minimum absolute atomic E-state index is 0.108. The second-order valence-corrected chi connectivity index (χ2v) is 15.4. The van der Waals surface area contributed by atoms with Crippen LogP contribution in [0.5, 0.6) is 0 Å². The summed E-state index contributed by atoms with van der Waals surface area (Å²) >= 11 is 0. The Hall–Kier alpha value is -6.19. The fourth-order valence-electron chi connectivity index (χ4n) is 8.65. The van der Waals surface area contributed by atoms with Crippen LogP contribution in [0.4, 0.5) is 17.1 Å². The van der Waals surface area contributed by atoms with E-state index >= 15 is 0 Å². The molecular formula is C50H41NO2. The number of ether oxygens (including phenoxy) is 1. The molecule has 0 aromatic heterocycles. The Morgan fingerprint density at radius 2 is 1.02 bits per heavy atom. The Labute approximate surface area is 311 Å². The molecule has 9 rings (SSSR count). The van der Waals surface area contributed by atoms with E-state index in [9.17, 15) is 4.79 Å². The normalized spacial score (nSPS) is 14.4. The third-order valence-corrected chi connectivity index (χ3v) is 11.5. The molecule has 0 atom stereocenters. The number of carbonyl (C=O) groups is 1. The molecule has 0 unspecified atom stereocenters. The number of fused-ring (bicyclic) bond motifs is 7. The highest BCUT2D eigenvalue weighted by atomic mass is 16.5. The van der Waals surface area contributed by atoms with Crippen LogP contribution in [-0.2, 0) is 22.2 Å². The van der Waals surface area contributed by atoms with Crippen LogP contribution in [0, 0.1) is 0 Å². The topological polar surface area (TPSA) is 29.5 Å². The molecule has 0 saturated carbocycles. The number of hydrogen-bond acceptors (Lipinski definition) is 3. The minimum Gasteiger partial charge on any atom is -0.496 e. The zero-order valence-corrected chi connectivity index (χ0v) is 30.6. The van der Waals surface area contributed by atoms with E-state index in [0.717, 1.165) is 45.2 Å². The maximum atomic E-state index is 11.8. The number of aldehydes is 1. The molecular weight excluding hydrogens is 647 g/mol. The monoisotopic (exact) mass is 687 g/mol. The van der Waals surface area contributed by atoms with E-state index in [4.69, 9.17) is 4.74 Å². The molecule has 0 radical (unpaired) electrons. The molecule has 0 spiro atoms. The smallest absolute Gasteiger partial charge is 0.150 e. The summed E-state index contributed by atoms with van der Waals surface area (Å²) in [6.07, 6.45) is 4.60. The van der Waals surface area contributed by atoms with Gasteiger partial charge in [0.15, 0.2) is 0 Å². The van der Waals surface area contributed by atoms with Gasteiger partial charge in [0.25, 0.3) is 0 Å². The van der Waals surface area contributed by atoms with E-state index in [1.54, 1.807) is 6.26 Å². The molecule has 0 N–H and O–H groups in total. The molecule has 0 amide bonds. The average molecular weight is 688 g/mol. The number of benzene rings is 7. The van der Waals surface area contributed by atoms with Gasteiger partial charge < -0.3 is 9.64 Å². The van der Waals surface area contributed by atoms with E-state index < -0.39 is 0 Å². The van der Waals surface area contributed by atoms with E-state index in [0.29, 0.717) is 12.2 Å². The molecule has 7 aromatic rings. The Kier molecular flexibility index (Phi) is 7.71. The fraction of sp³-hybridized carbons (Fsp3) is 0.140. The lowest BCUT2D eigenvalue weighted by molar-refractivity contribution is 0.112. The highest BCUT2D eigenvalue weighted by molar-refractivity contribution is 5.91. The molecule has 0 aliphatic heterocycles. The SMILES string of the molecule is CC1(C)c2ccccc2-c2ccc(N(c3ccc(/C=C\OCc4cc5ccccc5cc4C=O)cc3)c3ccc4c(c3)C(C)(C)c3ccccc3-4)cc21. The van der Waals surface area contributed by atoms with Gasteiger partial charge in [-0.05, 0) is 115 Å². The molecule has 0 bridgehead atoms. The fourth-order valence-corrected chi connectivity index (χ4v) is 8.65. The molecule has 3 heteroatoms. The second-order valence-electron chi connectivity index (χ2n) is 15.4. The van der Waals surface area contributed by atoms with Crippen molar-refractivity contribution in [1.29, 1.82) is 0 Å². The average Bonchev–Trinajstić information content (AvgIpc) is 3.56. The molecule has 3 nitrogen and oxygen atoms in total. The summed E-state index contributed by atoms with van der Waals surface area (Å²) in [5.41, 5.74) is 16.4. The molecule has 53 heavy (non-hydrogen) atoms. The second kappa shape index (κ2) is 12.5. The van der Waals surface area contributed by atoms with Crippen molar-refractivity contribution in [3.63, 3.8) is 0 Å². The van der Waals surface area contributed by atoms with Crippen molar-refractivity contribution >= 4 is 40.2 Å². The summed E-state index contributed by atoms with van der Waals surface area (Å²) in [4.78, 5) is 14.2. The van der Waals surface area contributed by atoms with Crippen LogP contribution in [0.1, 0.15) is 71.4 Å². The Morgan fingerprint density at radius 1 is 0.528 bits per heavy atom. The lowest BCUT2D eigenvalue weighted by Crippen LogP contribution is -2.18. The van der Waals surface area contributed by atoms with Crippen LogP contribution in [-0.4, -0.2) is 6.29 Å². The Bertz CT molecular complexity index is 2480. The summed E-state index contributed by atoms with van der Waals surface area (Å²) in [7, 11) is 0. The number of hydrogen-bond donors (Lipinski definition) is 0. The lowest BCUT2D eigenvalue weighted by atomic mass is 9.82. The third kappa shape index (κ3) is 5.38. The first-order chi connectivity index (χ1) is 25.7. The van der Waals surface area contributed by atoms with Crippen LogP contribution in [0.2, 0.25) is 0 Å². The van der Waals surface area contributed by atoms with Gasteiger partial charge in [-0.2, -0.15) is 0 Å². The molecule has 2 aliphatic rings. The maximum absolute atomic E-state index is 11.8. The van der Waals surface area contributed by atoms with Gasteiger partial charge in [-0.15, -0.1) is 0 Å². The predicted molar refractivity (Wildman–Crippen MR) is 219 cm³/mol. The number of carbonyl (C=O) groups excluding carboxylic acids is 1. The summed E-state index contributed by atoms with van der Waals surface area (Å²) in [6, 6.07) is 52.2. The first kappa shape index (κ1) is 32.7. The van der Waals surface area contributed by atoms with Crippen molar-refractivity contribution in [1.82, 2.24) is 0 Å². The maximum Gasteiger partial charge on any atom is 0.150 e. The molecule has 0 fully saturated rings. The first-order valence-corrected chi connectivity index (χ1v) is 18.4. The highest BCUT2D eigenvalue weighted by Gasteiger charge is 2.37. The largest absolute Gasteiger partial charge is 0.496 e. The molecule has 0 heterocycles. The lowest BCUT2D eigenvalue weighted by Gasteiger charge is -2.29. The molecule has 2 aliphatic carbocycles. The van der Waals surface area contributed by atoms with Crippen molar-refractivity contribution in [3.8, 4) is 22.3 Å². The standard InChI is InChI=1S/C50H41NO2/c1-49(2)45-15-9-7-13-41(45)43-23-21-39(29-47(43)49)51(40-22-24-44-42-14-8-10-16-46(42)50(3,4)48(44)30-40)38-19-17-33(18-20-38)25-26-53-32-37-28-35-12-6-5-11-34(35)27-36(37)31-52/h5-31H,32H2,1-4H3/b26-25-. The van der Waals surface area contributed by atoms with Gasteiger partial charge in [0, 0.05) is 39.0 Å². The Morgan fingerprint density at radius 3 is 1.58 bits per heavy atom. The number of nitrogens with zero attached hydrogens (tertiary/aromatic N) is 1. The number of anilines is 3. The van der Waals surface area contributed by atoms with E-state index in [1.807, 2.05) is 36.4 Å². The summed E-state index contributed by atoms with van der Waals surface area (Å²) in [5, 5.41) is 2.14. The molecule has 0 saturated heterocycles.